The van der Waals surface area contributed by atoms with Crippen molar-refractivity contribution in [2.75, 3.05) is 0 Å². The molecule has 0 spiro atoms. The van der Waals surface area contributed by atoms with E-state index in [-0.39, 0.29) is 22.0 Å². The monoisotopic (exact) mass is 329 g/mol. The van der Waals surface area contributed by atoms with Gasteiger partial charge in [0.1, 0.15) is 5.02 Å². The maximum Gasteiger partial charge on any atom is 0.288 e. The van der Waals surface area contributed by atoms with Gasteiger partial charge in [-0.25, -0.2) is 0 Å². The number of nitro benzene ring substituents is 2. The molecule has 2 aromatic carbocycles. The minimum Gasteiger partial charge on any atom is -0.258 e. The first-order valence-corrected chi connectivity index (χ1v) is 6.60. The number of hydrogen-bond acceptors (Lipinski definition) is 5. The minimum absolute atomic E-state index is 0.0130. The smallest absolute Gasteiger partial charge is 0.258 e. The predicted molar refractivity (Wildman–Crippen MR) is 84.7 cm³/mol. The van der Waals surface area contributed by atoms with Gasteiger partial charge in [-0.05, 0) is 23.3 Å². The summed E-state index contributed by atoms with van der Waals surface area (Å²) in [6.07, 6.45) is 1.41. The molecule has 0 saturated heterocycles. The van der Waals surface area contributed by atoms with Gasteiger partial charge in [0, 0.05) is 18.2 Å². The SMILES string of the molecule is N#CC(=Cc1ccc(Cl)c([N+](=O)[O-])c1)c1cccc([N+](=O)[O-])c1. The average Bonchev–Trinajstić information content (AvgIpc) is 2.53. The second-order valence-electron chi connectivity index (χ2n) is 4.45. The second kappa shape index (κ2) is 6.68. The minimum atomic E-state index is -0.626. The summed E-state index contributed by atoms with van der Waals surface area (Å²) in [6, 6.07) is 11.6. The van der Waals surface area contributed by atoms with E-state index < -0.39 is 9.85 Å². The molecule has 7 nitrogen and oxygen atoms in total. The lowest BCUT2D eigenvalue weighted by Crippen LogP contribution is -1.91. The number of hydrogen-bond donors (Lipinski definition) is 0. The molecule has 0 aliphatic heterocycles. The zero-order valence-electron chi connectivity index (χ0n) is 11.5. The Morgan fingerprint density at radius 3 is 2.48 bits per heavy atom. The van der Waals surface area contributed by atoms with E-state index in [1.807, 2.05) is 6.07 Å². The van der Waals surface area contributed by atoms with Gasteiger partial charge in [-0.2, -0.15) is 5.26 Å². The van der Waals surface area contributed by atoms with Crippen LogP contribution in [0.4, 0.5) is 11.4 Å². The summed E-state index contributed by atoms with van der Waals surface area (Å²) in [5.74, 6) is 0. The molecule has 0 N–H and O–H groups in total. The molecule has 0 radical (unpaired) electrons. The molecule has 0 amide bonds. The third kappa shape index (κ3) is 3.70. The second-order valence-corrected chi connectivity index (χ2v) is 4.85. The fourth-order valence-electron chi connectivity index (χ4n) is 1.89. The van der Waals surface area contributed by atoms with Crippen molar-refractivity contribution >= 4 is 34.6 Å². The Labute approximate surface area is 135 Å². The van der Waals surface area contributed by atoms with Crippen molar-refractivity contribution in [2.45, 2.75) is 0 Å². The van der Waals surface area contributed by atoms with Crippen LogP contribution in [0.25, 0.3) is 11.6 Å². The Morgan fingerprint density at radius 1 is 1.13 bits per heavy atom. The first-order chi connectivity index (χ1) is 10.9. The van der Waals surface area contributed by atoms with Gasteiger partial charge in [-0.1, -0.05) is 29.8 Å². The number of allylic oxidation sites excluding steroid dienone is 1. The molecule has 0 fully saturated rings. The molecular weight excluding hydrogens is 322 g/mol. The van der Waals surface area contributed by atoms with Crippen LogP contribution in [0, 0.1) is 31.6 Å². The summed E-state index contributed by atoms with van der Waals surface area (Å²) in [6.45, 7) is 0. The van der Waals surface area contributed by atoms with E-state index in [0.717, 1.165) is 0 Å². The summed E-state index contributed by atoms with van der Waals surface area (Å²) in [5, 5.41) is 30.9. The number of nitrogens with zero attached hydrogens (tertiary/aromatic N) is 3. The van der Waals surface area contributed by atoms with Crippen LogP contribution < -0.4 is 0 Å². The Bertz CT molecular complexity index is 871. The molecule has 2 rings (SSSR count). The normalized spacial score (nSPS) is 10.9. The van der Waals surface area contributed by atoms with E-state index >= 15 is 0 Å². The average molecular weight is 330 g/mol. The van der Waals surface area contributed by atoms with Gasteiger partial charge in [-0.3, -0.25) is 20.2 Å². The third-order valence-corrected chi connectivity index (χ3v) is 3.29. The predicted octanol–water partition coefficient (Wildman–Crippen LogP) is 4.22. The Kier molecular flexibility index (Phi) is 4.69. The van der Waals surface area contributed by atoms with Gasteiger partial charge < -0.3 is 0 Å². The van der Waals surface area contributed by atoms with Crippen LogP contribution >= 0.6 is 11.6 Å². The molecular formula is C15H8ClN3O4. The lowest BCUT2D eigenvalue weighted by atomic mass is 10.0. The molecule has 0 bridgehead atoms. The quantitative estimate of drug-likeness (QED) is 0.361. The standard InChI is InChI=1S/C15H8ClN3O4/c16-14-5-4-10(7-15(14)19(22)23)6-12(9-17)11-2-1-3-13(8-11)18(20)21/h1-8H. The van der Waals surface area contributed by atoms with Crippen molar-refractivity contribution in [2.24, 2.45) is 0 Å². The fourth-order valence-corrected chi connectivity index (χ4v) is 2.08. The first kappa shape index (κ1) is 16.1. The molecule has 0 aliphatic rings. The van der Waals surface area contributed by atoms with Gasteiger partial charge in [-0.15, -0.1) is 0 Å². The number of benzene rings is 2. The highest BCUT2D eigenvalue weighted by Gasteiger charge is 2.13. The van der Waals surface area contributed by atoms with E-state index in [0.29, 0.717) is 11.1 Å². The van der Waals surface area contributed by atoms with Gasteiger partial charge >= 0.3 is 0 Å². The van der Waals surface area contributed by atoms with Crippen LogP contribution in [0.15, 0.2) is 42.5 Å². The molecule has 0 atom stereocenters. The van der Waals surface area contributed by atoms with Gasteiger partial charge in [0.05, 0.1) is 21.5 Å². The van der Waals surface area contributed by atoms with Crippen molar-refractivity contribution in [1.82, 2.24) is 0 Å². The molecule has 0 aliphatic carbocycles. The lowest BCUT2D eigenvalue weighted by Gasteiger charge is -2.01. The molecule has 0 unspecified atom stereocenters. The summed E-state index contributed by atoms with van der Waals surface area (Å²) in [5.41, 5.74) is 0.455. The van der Waals surface area contributed by atoms with Crippen LogP contribution in [0.1, 0.15) is 11.1 Å². The van der Waals surface area contributed by atoms with E-state index in [2.05, 4.69) is 0 Å². The number of rotatable bonds is 4. The largest absolute Gasteiger partial charge is 0.288 e. The first-order valence-electron chi connectivity index (χ1n) is 6.23. The van der Waals surface area contributed by atoms with Gasteiger partial charge in [0.25, 0.3) is 11.4 Å². The van der Waals surface area contributed by atoms with Crippen LogP contribution in [-0.4, -0.2) is 9.85 Å². The van der Waals surface area contributed by atoms with Crippen molar-refractivity contribution < 1.29 is 9.85 Å². The zero-order valence-corrected chi connectivity index (χ0v) is 12.2. The number of halogens is 1. The topological polar surface area (TPSA) is 110 Å². The Morgan fingerprint density at radius 2 is 1.87 bits per heavy atom. The van der Waals surface area contributed by atoms with E-state index in [1.165, 1.54) is 42.5 Å². The highest BCUT2D eigenvalue weighted by atomic mass is 35.5. The van der Waals surface area contributed by atoms with E-state index in [4.69, 9.17) is 11.6 Å². The fraction of sp³-hybridized carbons (Fsp3) is 0. The van der Waals surface area contributed by atoms with Crippen LogP contribution in [0.5, 0.6) is 0 Å². The third-order valence-electron chi connectivity index (χ3n) is 2.97. The zero-order chi connectivity index (χ0) is 17.0. The number of nitriles is 1. The summed E-state index contributed by atoms with van der Waals surface area (Å²) in [7, 11) is 0. The maximum absolute atomic E-state index is 10.9. The molecule has 0 aromatic heterocycles. The molecule has 2 aromatic rings. The highest BCUT2D eigenvalue weighted by molar-refractivity contribution is 6.32. The van der Waals surface area contributed by atoms with E-state index in [1.54, 1.807) is 6.07 Å². The van der Waals surface area contributed by atoms with Crippen molar-refractivity contribution in [3.8, 4) is 6.07 Å². The summed E-state index contributed by atoms with van der Waals surface area (Å²) >= 11 is 5.73. The van der Waals surface area contributed by atoms with Crippen molar-refractivity contribution in [3.63, 3.8) is 0 Å². The lowest BCUT2D eigenvalue weighted by molar-refractivity contribution is -0.385. The maximum atomic E-state index is 10.9. The molecule has 0 heterocycles. The van der Waals surface area contributed by atoms with Crippen LogP contribution in [0.3, 0.4) is 0 Å². The van der Waals surface area contributed by atoms with Gasteiger partial charge in [0.15, 0.2) is 0 Å². The van der Waals surface area contributed by atoms with Crippen molar-refractivity contribution in [1.29, 1.82) is 5.26 Å². The van der Waals surface area contributed by atoms with Crippen LogP contribution in [-0.2, 0) is 0 Å². The van der Waals surface area contributed by atoms with Gasteiger partial charge in [0.2, 0.25) is 0 Å². The Hall–Kier alpha value is -3.24. The Balaban J connectivity index is 2.50. The number of non-ortho nitro benzene ring substituents is 1. The van der Waals surface area contributed by atoms with E-state index in [9.17, 15) is 25.5 Å². The summed E-state index contributed by atoms with van der Waals surface area (Å²) < 4.78 is 0. The molecule has 114 valence electrons. The van der Waals surface area contributed by atoms with Crippen LogP contribution in [0.2, 0.25) is 5.02 Å². The molecule has 0 saturated carbocycles. The highest BCUT2D eigenvalue weighted by Crippen LogP contribution is 2.28. The number of nitro groups is 2. The molecule has 8 heteroatoms. The van der Waals surface area contributed by atoms with Crippen molar-refractivity contribution in [3.05, 3.63) is 78.8 Å². The molecule has 23 heavy (non-hydrogen) atoms. The summed E-state index contributed by atoms with van der Waals surface area (Å²) in [4.78, 5) is 20.5.